The quantitative estimate of drug-likeness (QED) is 0.615. The first kappa shape index (κ1) is 19.9. The molecular formula is C19H26N4O5. The molecule has 2 heterocycles. The minimum atomic E-state index is -0.983. The Bertz CT molecular complexity index is 794. The molecule has 28 heavy (non-hydrogen) atoms. The maximum absolute atomic E-state index is 13.4. The van der Waals surface area contributed by atoms with E-state index in [2.05, 4.69) is 4.90 Å². The molecular weight excluding hydrogens is 364 g/mol. The van der Waals surface area contributed by atoms with Gasteiger partial charge in [-0.05, 0) is 25.0 Å². The van der Waals surface area contributed by atoms with Crippen LogP contribution in [-0.2, 0) is 4.79 Å². The van der Waals surface area contributed by atoms with Gasteiger partial charge in [-0.25, -0.2) is 4.79 Å². The summed E-state index contributed by atoms with van der Waals surface area (Å²) in [4.78, 5) is 40.4. The third-order valence-corrected chi connectivity index (χ3v) is 5.77. The van der Waals surface area contributed by atoms with Crippen molar-refractivity contribution in [1.82, 2.24) is 9.80 Å². The fourth-order valence-electron chi connectivity index (χ4n) is 4.56. The van der Waals surface area contributed by atoms with Gasteiger partial charge in [-0.15, -0.1) is 0 Å². The molecule has 152 valence electrons. The number of non-ortho nitro benzene ring substituents is 1. The van der Waals surface area contributed by atoms with Gasteiger partial charge in [0, 0.05) is 43.4 Å². The van der Waals surface area contributed by atoms with Crippen LogP contribution in [0.5, 0.6) is 0 Å². The Balaban J connectivity index is 2.07. The second kappa shape index (κ2) is 6.65. The molecule has 2 aliphatic heterocycles. The van der Waals surface area contributed by atoms with Crippen molar-refractivity contribution in [2.45, 2.75) is 45.3 Å². The molecule has 0 saturated carbocycles. The Morgan fingerprint density at radius 3 is 2.18 bits per heavy atom. The minimum absolute atomic E-state index is 0.00955. The van der Waals surface area contributed by atoms with E-state index in [1.807, 2.05) is 20.8 Å². The second-order valence-corrected chi connectivity index (χ2v) is 8.60. The topological polar surface area (TPSA) is 107 Å². The largest absolute Gasteiger partial charge is 0.465 e. The molecule has 9 nitrogen and oxygen atoms in total. The molecule has 0 bridgehead atoms. The van der Waals surface area contributed by atoms with E-state index >= 15 is 0 Å². The number of likely N-dealkylation sites (tertiary alicyclic amines) is 1. The number of hydrogen-bond donors (Lipinski definition) is 1. The standard InChI is InChI=1S/C19H26N4O5/c1-18(2,3)15-20(4)16(24)19(9-11-21(12-10-19)17(25)26)22(15)13-5-7-14(8-6-13)23(27)28/h5-8,15H,9-12H2,1-4H3,(H,25,26). The van der Waals surface area contributed by atoms with Crippen molar-refractivity contribution in [1.29, 1.82) is 0 Å². The Morgan fingerprint density at radius 2 is 1.75 bits per heavy atom. The monoisotopic (exact) mass is 390 g/mol. The number of carbonyl (C=O) groups is 2. The number of nitro groups is 1. The third-order valence-electron chi connectivity index (χ3n) is 5.77. The molecule has 2 fully saturated rings. The number of amides is 2. The van der Waals surface area contributed by atoms with E-state index in [0.717, 1.165) is 5.69 Å². The number of piperidine rings is 1. The maximum Gasteiger partial charge on any atom is 0.407 e. The van der Waals surface area contributed by atoms with Crippen LogP contribution in [0.3, 0.4) is 0 Å². The number of hydrogen-bond acceptors (Lipinski definition) is 5. The zero-order valence-corrected chi connectivity index (χ0v) is 16.6. The number of rotatable bonds is 2. The number of anilines is 1. The summed E-state index contributed by atoms with van der Waals surface area (Å²) >= 11 is 0. The Kier molecular flexibility index (Phi) is 4.73. The fraction of sp³-hybridized carbons (Fsp3) is 0.579. The van der Waals surface area contributed by atoms with Crippen LogP contribution < -0.4 is 4.90 Å². The first-order chi connectivity index (χ1) is 13.0. The summed E-state index contributed by atoms with van der Waals surface area (Å²) in [7, 11) is 1.77. The molecule has 2 amide bonds. The molecule has 2 saturated heterocycles. The van der Waals surface area contributed by atoms with E-state index in [9.17, 15) is 24.8 Å². The molecule has 3 rings (SSSR count). The average Bonchev–Trinajstić information content (AvgIpc) is 2.84. The van der Waals surface area contributed by atoms with Crippen LogP contribution in [0.15, 0.2) is 24.3 Å². The predicted molar refractivity (Wildman–Crippen MR) is 103 cm³/mol. The van der Waals surface area contributed by atoms with Gasteiger partial charge in [0.15, 0.2) is 0 Å². The summed E-state index contributed by atoms with van der Waals surface area (Å²) in [5.41, 5.74) is -0.411. The lowest BCUT2D eigenvalue weighted by Gasteiger charge is -2.47. The summed E-state index contributed by atoms with van der Waals surface area (Å²) in [5, 5.41) is 20.3. The van der Waals surface area contributed by atoms with Gasteiger partial charge in [0.2, 0.25) is 5.91 Å². The molecule has 1 aromatic rings. The van der Waals surface area contributed by atoms with E-state index < -0.39 is 16.6 Å². The molecule has 1 aromatic carbocycles. The zero-order valence-electron chi connectivity index (χ0n) is 16.6. The lowest BCUT2D eigenvalue weighted by atomic mass is 9.84. The van der Waals surface area contributed by atoms with Crippen LogP contribution in [0.4, 0.5) is 16.2 Å². The van der Waals surface area contributed by atoms with Crippen molar-refractivity contribution in [3.8, 4) is 0 Å². The van der Waals surface area contributed by atoms with Crippen LogP contribution in [0, 0.1) is 15.5 Å². The molecule has 0 aromatic heterocycles. The smallest absolute Gasteiger partial charge is 0.407 e. The zero-order chi connectivity index (χ0) is 20.9. The van der Waals surface area contributed by atoms with Gasteiger partial charge in [-0.2, -0.15) is 0 Å². The van der Waals surface area contributed by atoms with Crippen molar-refractivity contribution >= 4 is 23.4 Å². The highest BCUT2D eigenvalue weighted by Gasteiger charge is 2.59. The lowest BCUT2D eigenvalue weighted by Crippen LogP contribution is -2.59. The van der Waals surface area contributed by atoms with Gasteiger partial charge in [-0.3, -0.25) is 14.9 Å². The first-order valence-corrected chi connectivity index (χ1v) is 9.28. The SMILES string of the molecule is CN1C(=O)C2(CCN(C(=O)O)CC2)N(c2ccc([N+](=O)[O-])cc2)C1C(C)(C)C. The predicted octanol–water partition coefficient (Wildman–Crippen LogP) is 2.76. The highest BCUT2D eigenvalue weighted by molar-refractivity contribution is 5.94. The summed E-state index contributed by atoms with van der Waals surface area (Å²) in [6, 6.07) is 6.24. The summed E-state index contributed by atoms with van der Waals surface area (Å²) in [5.74, 6) is -0.0317. The normalized spacial score (nSPS) is 22.1. The van der Waals surface area contributed by atoms with Crippen molar-refractivity contribution in [3.05, 3.63) is 34.4 Å². The van der Waals surface area contributed by atoms with E-state index in [1.54, 1.807) is 24.1 Å². The molecule has 1 N–H and O–H groups in total. The molecule has 1 unspecified atom stereocenters. The number of carboxylic acid groups (broad SMARTS) is 1. The lowest BCUT2D eigenvalue weighted by molar-refractivity contribution is -0.384. The van der Waals surface area contributed by atoms with Crippen LogP contribution in [-0.4, -0.2) is 63.7 Å². The van der Waals surface area contributed by atoms with Crippen molar-refractivity contribution < 1.29 is 19.6 Å². The van der Waals surface area contributed by atoms with Crippen LogP contribution in [0.1, 0.15) is 33.6 Å². The van der Waals surface area contributed by atoms with E-state index in [4.69, 9.17) is 0 Å². The van der Waals surface area contributed by atoms with Gasteiger partial charge in [-0.1, -0.05) is 20.8 Å². The average molecular weight is 390 g/mol. The maximum atomic E-state index is 13.4. The Hall–Kier alpha value is -2.84. The van der Waals surface area contributed by atoms with Gasteiger partial charge in [0.1, 0.15) is 11.7 Å². The summed E-state index contributed by atoms with van der Waals surface area (Å²) in [6.45, 7) is 6.69. The van der Waals surface area contributed by atoms with Crippen LogP contribution >= 0.6 is 0 Å². The minimum Gasteiger partial charge on any atom is -0.465 e. The summed E-state index contributed by atoms with van der Waals surface area (Å²) in [6.07, 6.45) is -0.473. The number of nitrogens with zero attached hydrogens (tertiary/aromatic N) is 4. The second-order valence-electron chi connectivity index (χ2n) is 8.60. The molecule has 9 heteroatoms. The number of carbonyl (C=O) groups excluding carboxylic acids is 1. The molecule has 2 aliphatic rings. The number of benzene rings is 1. The third kappa shape index (κ3) is 3.04. The highest BCUT2D eigenvalue weighted by Crippen LogP contribution is 2.46. The Labute approximate surface area is 163 Å². The molecule has 0 radical (unpaired) electrons. The molecule has 1 atom stereocenters. The summed E-state index contributed by atoms with van der Waals surface area (Å²) < 4.78 is 0. The van der Waals surface area contributed by atoms with Crippen LogP contribution in [0.2, 0.25) is 0 Å². The fourth-order valence-corrected chi connectivity index (χ4v) is 4.56. The van der Waals surface area contributed by atoms with Crippen molar-refractivity contribution in [2.24, 2.45) is 5.41 Å². The number of likely N-dealkylation sites (N-methyl/N-ethyl adjacent to an activating group) is 1. The molecule has 0 aliphatic carbocycles. The van der Waals surface area contributed by atoms with Gasteiger partial charge in [0.05, 0.1) is 4.92 Å². The van der Waals surface area contributed by atoms with E-state index in [1.165, 1.54) is 17.0 Å². The van der Waals surface area contributed by atoms with Crippen molar-refractivity contribution in [2.75, 3.05) is 25.0 Å². The van der Waals surface area contributed by atoms with E-state index in [0.29, 0.717) is 12.8 Å². The van der Waals surface area contributed by atoms with E-state index in [-0.39, 0.29) is 36.3 Å². The van der Waals surface area contributed by atoms with Crippen molar-refractivity contribution in [3.63, 3.8) is 0 Å². The van der Waals surface area contributed by atoms with Gasteiger partial charge in [0.25, 0.3) is 5.69 Å². The highest BCUT2D eigenvalue weighted by atomic mass is 16.6. The van der Waals surface area contributed by atoms with Crippen LogP contribution in [0.25, 0.3) is 0 Å². The molecule has 1 spiro atoms. The van der Waals surface area contributed by atoms with Gasteiger partial charge >= 0.3 is 6.09 Å². The van der Waals surface area contributed by atoms with Gasteiger partial charge < -0.3 is 19.8 Å². The first-order valence-electron chi connectivity index (χ1n) is 9.28. The Morgan fingerprint density at radius 1 is 1.21 bits per heavy atom. The number of nitro benzene ring substituents is 1.